The summed E-state index contributed by atoms with van der Waals surface area (Å²) in [6.07, 6.45) is 3.39. The molecular formula is C18H21NO3S. The van der Waals surface area contributed by atoms with Gasteiger partial charge in [0.25, 0.3) is 0 Å². The highest BCUT2D eigenvalue weighted by Gasteiger charge is 2.31. The lowest BCUT2D eigenvalue weighted by Crippen LogP contribution is -2.37. The molecule has 0 radical (unpaired) electrons. The fraction of sp³-hybridized carbons (Fsp3) is 0.389. The maximum absolute atomic E-state index is 12.5. The fourth-order valence-corrected chi connectivity index (χ4v) is 3.81. The van der Waals surface area contributed by atoms with Crippen molar-refractivity contribution >= 4 is 17.7 Å². The summed E-state index contributed by atoms with van der Waals surface area (Å²) in [7, 11) is 0. The van der Waals surface area contributed by atoms with E-state index in [1.54, 1.807) is 30.2 Å². The molecule has 1 aromatic heterocycles. The second-order valence-electron chi connectivity index (χ2n) is 5.75. The molecule has 0 bridgehead atoms. The Hall–Kier alpha value is -1.72. The lowest BCUT2D eigenvalue weighted by Gasteiger charge is -2.26. The molecule has 5 heteroatoms. The largest absolute Gasteiger partial charge is 0.467 e. The number of amides is 1. The number of rotatable bonds is 6. The normalized spacial score (nSPS) is 19.0. The Kier molecular flexibility index (Phi) is 5.41. The van der Waals surface area contributed by atoms with Crippen molar-refractivity contribution < 1.29 is 14.3 Å². The molecule has 2 heterocycles. The highest BCUT2D eigenvalue weighted by molar-refractivity contribution is 8.00. The van der Waals surface area contributed by atoms with Gasteiger partial charge in [0.15, 0.2) is 0 Å². The van der Waals surface area contributed by atoms with Gasteiger partial charge in [0, 0.05) is 23.9 Å². The van der Waals surface area contributed by atoms with Crippen molar-refractivity contribution in [2.75, 3.05) is 12.3 Å². The SMILES string of the molecule is O=C(CSc1ccccc1)N1CCC[C@H]1C[C@H](O)c1ccco1. The van der Waals surface area contributed by atoms with E-state index >= 15 is 0 Å². The van der Waals surface area contributed by atoms with E-state index in [0.717, 1.165) is 24.3 Å². The summed E-state index contributed by atoms with van der Waals surface area (Å²) >= 11 is 1.56. The highest BCUT2D eigenvalue weighted by Crippen LogP contribution is 2.28. The van der Waals surface area contributed by atoms with Crippen LogP contribution in [0.1, 0.15) is 31.1 Å². The molecule has 23 heavy (non-hydrogen) atoms. The number of aliphatic hydroxyl groups is 1. The second kappa shape index (κ2) is 7.70. The van der Waals surface area contributed by atoms with Crippen LogP contribution in [0.3, 0.4) is 0 Å². The Bertz CT molecular complexity index is 614. The van der Waals surface area contributed by atoms with E-state index in [-0.39, 0.29) is 11.9 Å². The van der Waals surface area contributed by atoms with Crippen LogP contribution in [0.15, 0.2) is 58.0 Å². The van der Waals surface area contributed by atoms with Gasteiger partial charge in [0.2, 0.25) is 5.91 Å². The summed E-state index contributed by atoms with van der Waals surface area (Å²) < 4.78 is 5.25. The summed E-state index contributed by atoms with van der Waals surface area (Å²) in [5.41, 5.74) is 0. The summed E-state index contributed by atoms with van der Waals surface area (Å²) in [6, 6.07) is 13.6. The lowest BCUT2D eigenvalue weighted by atomic mass is 10.1. The third-order valence-electron chi connectivity index (χ3n) is 4.17. The van der Waals surface area contributed by atoms with Gasteiger partial charge in [-0.05, 0) is 37.1 Å². The van der Waals surface area contributed by atoms with E-state index in [0.29, 0.717) is 17.9 Å². The van der Waals surface area contributed by atoms with Crippen LogP contribution in [-0.2, 0) is 4.79 Å². The summed E-state index contributed by atoms with van der Waals surface area (Å²) in [5.74, 6) is 1.16. The summed E-state index contributed by atoms with van der Waals surface area (Å²) in [4.78, 5) is 15.5. The van der Waals surface area contributed by atoms with Gasteiger partial charge in [-0.2, -0.15) is 0 Å². The van der Waals surface area contributed by atoms with Crippen molar-refractivity contribution in [1.82, 2.24) is 4.90 Å². The average molecular weight is 331 g/mol. The first-order chi connectivity index (χ1) is 11.2. The standard InChI is InChI=1S/C18H21NO3S/c20-16(17-9-5-11-22-17)12-14-6-4-10-19(14)18(21)13-23-15-7-2-1-3-8-15/h1-3,5,7-9,11,14,16,20H,4,6,10,12-13H2/t14-,16-/m0/s1. The van der Waals surface area contributed by atoms with Crippen LogP contribution < -0.4 is 0 Å². The molecular weight excluding hydrogens is 310 g/mol. The van der Waals surface area contributed by atoms with Gasteiger partial charge >= 0.3 is 0 Å². The molecule has 3 rings (SSSR count). The smallest absolute Gasteiger partial charge is 0.233 e. The Labute approximate surface area is 140 Å². The second-order valence-corrected chi connectivity index (χ2v) is 6.80. The minimum atomic E-state index is -0.648. The number of thioether (sulfide) groups is 1. The molecule has 122 valence electrons. The summed E-state index contributed by atoms with van der Waals surface area (Å²) in [6.45, 7) is 0.781. The number of likely N-dealkylation sites (tertiary alicyclic amines) is 1. The summed E-state index contributed by atoms with van der Waals surface area (Å²) in [5, 5.41) is 10.2. The van der Waals surface area contributed by atoms with Gasteiger partial charge in [-0.15, -0.1) is 11.8 Å². The highest BCUT2D eigenvalue weighted by atomic mass is 32.2. The van der Waals surface area contributed by atoms with Crippen LogP contribution in [-0.4, -0.2) is 34.3 Å². The Morgan fingerprint density at radius 1 is 1.30 bits per heavy atom. The third-order valence-corrected chi connectivity index (χ3v) is 5.17. The Morgan fingerprint density at radius 3 is 2.87 bits per heavy atom. The minimum Gasteiger partial charge on any atom is -0.467 e. The molecule has 1 N–H and O–H groups in total. The maximum Gasteiger partial charge on any atom is 0.233 e. The lowest BCUT2D eigenvalue weighted by molar-refractivity contribution is -0.129. The number of carbonyl (C=O) groups is 1. The average Bonchev–Trinajstić information content (AvgIpc) is 3.25. The molecule has 2 atom stereocenters. The van der Waals surface area contributed by atoms with Gasteiger partial charge in [0.1, 0.15) is 11.9 Å². The number of furan rings is 1. The minimum absolute atomic E-state index is 0.0963. The van der Waals surface area contributed by atoms with E-state index in [1.165, 1.54) is 0 Å². The first kappa shape index (κ1) is 16.1. The zero-order chi connectivity index (χ0) is 16.1. The molecule has 1 aliphatic rings. The molecule has 0 saturated carbocycles. The van der Waals surface area contributed by atoms with Gasteiger partial charge in [-0.25, -0.2) is 0 Å². The molecule has 1 saturated heterocycles. The first-order valence-corrected chi connectivity index (χ1v) is 8.91. The molecule has 4 nitrogen and oxygen atoms in total. The van der Waals surface area contributed by atoms with Gasteiger partial charge < -0.3 is 14.4 Å². The van der Waals surface area contributed by atoms with E-state index < -0.39 is 6.10 Å². The third kappa shape index (κ3) is 4.18. The van der Waals surface area contributed by atoms with Crippen molar-refractivity contribution in [1.29, 1.82) is 0 Å². The van der Waals surface area contributed by atoms with Crippen molar-refractivity contribution in [3.05, 3.63) is 54.5 Å². The Morgan fingerprint density at radius 2 is 2.13 bits per heavy atom. The number of nitrogens with zero attached hydrogens (tertiary/aromatic N) is 1. The van der Waals surface area contributed by atoms with Crippen molar-refractivity contribution in [3.8, 4) is 0 Å². The molecule has 0 unspecified atom stereocenters. The van der Waals surface area contributed by atoms with Crippen LogP contribution in [0.4, 0.5) is 0 Å². The zero-order valence-corrected chi connectivity index (χ0v) is 13.7. The van der Waals surface area contributed by atoms with Crippen molar-refractivity contribution in [3.63, 3.8) is 0 Å². The monoisotopic (exact) mass is 331 g/mol. The number of hydrogen-bond donors (Lipinski definition) is 1. The van der Waals surface area contributed by atoms with E-state index in [4.69, 9.17) is 4.42 Å². The van der Waals surface area contributed by atoms with Gasteiger partial charge in [0.05, 0.1) is 12.0 Å². The molecule has 1 aromatic carbocycles. The first-order valence-electron chi connectivity index (χ1n) is 7.93. The van der Waals surface area contributed by atoms with Crippen LogP contribution in [0.5, 0.6) is 0 Å². The molecule has 2 aromatic rings. The van der Waals surface area contributed by atoms with Crippen molar-refractivity contribution in [2.45, 2.75) is 36.3 Å². The topological polar surface area (TPSA) is 53.7 Å². The molecule has 1 amide bonds. The van der Waals surface area contributed by atoms with Crippen LogP contribution in [0.25, 0.3) is 0 Å². The predicted octanol–water partition coefficient (Wildman–Crippen LogP) is 3.49. The van der Waals surface area contributed by atoms with E-state index in [2.05, 4.69) is 0 Å². The maximum atomic E-state index is 12.5. The van der Waals surface area contributed by atoms with Crippen LogP contribution in [0.2, 0.25) is 0 Å². The molecule has 1 fully saturated rings. The van der Waals surface area contributed by atoms with Gasteiger partial charge in [-0.3, -0.25) is 4.79 Å². The van der Waals surface area contributed by atoms with Crippen LogP contribution in [0, 0.1) is 0 Å². The quantitative estimate of drug-likeness (QED) is 0.823. The van der Waals surface area contributed by atoms with E-state index in [9.17, 15) is 9.90 Å². The predicted molar refractivity (Wildman–Crippen MR) is 90.2 cm³/mol. The number of benzene rings is 1. The van der Waals surface area contributed by atoms with Crippen LogP contribution >= 0.6 is 11.8 Å². The van der Waals surface area contributed by atoms with Gasteiger partial charge in [-0.1, -0.05) is 18.2 Å². The number of hydrogen-bond acceptors (Lipinski definition) is 4. The fourth-order valence-electron chi connectivity index (χ4n) is 3.01. The van der Waals surface area contributed by atoms with Crippen molar-refractivity contribution in [2.24, 2.45) is 0 Å². The molecule has 1 aliphatic heterocycles. The number of carbonyl (C=O) groups excluding carboxylic acids is 1. The van der Waals surface area contributed by atoms with E-state index in [1.807, 2.05) is 35.2 Å². The Balaban J connectivity index is 1.54. The molecule has 0 aliphatic carbocycles. The zero-order valence-electron chi connectivity index (χ0n) is 12.9. The number of aliphatic hydroxyl groups excluding tert-OH is 1. The molecule has 0 spiro atoms.